The summed E-state index contributed by atoms with van der Waals surface area (Å²) in [6, 6.07) is 5.58. The molecule has 0 amide bonds. The van der Waals surface area contributed by atoms with Gasteiger partial charge in [0, 0.05) is 5.75 Å². The maximum absolute atomic E-state index is 11.6. The van der Waals surface area contributed by atoms with Crippen LogP contribution in [0.2, 0.25) is 5.02 Å². The molecule has 1 heterocycles. The van der Waals surface area contributed by atoms with Crippen molar-refractivity contribution in [1.82, 2.24) is 0 Å². The number of halogens is 1. The molecule has 86 valence electrons. The molecular weight excluding hydrogens is 264 g/mol. The van der Waals surface area contributed by atoms with Crippen molar-refractivity contribution in [3.05, 3.63) is 34.2 Å². The maximum atomic E-state index is 11.6. The molecule has 2 rings (SSSR count). The summed E-state index contributed by atoms with van der Waals surface area (Å²) in [5.74, 6) is 0.273. The molecule has 0 bridgehead atoms. The van der Waals surface area contributed by atoms with Gasteiger partial charge in [-0.15, -0.1) is 11.3 Å². The van der Waals surface area contributed by atoms with E-state index in [-0.39, 0.29) is 11.5 Å². The van der Waals surface area contributed by atoms with E-state index in [1.54, 1.807) is 6.92 Å². The summed E-state index contributed by atoms with van der Waals surface area (Å²) in [5.41, 5.74) is 0.851. The summed E-state index contributed by atoms with van der Waals surface area (Å²) in [6.07, 6.45) is 0. The third-order valence-corrected chi connectivity index (χ3v) is 5.58. The Labute approximate surface area is 104 Å². The molecular formula is C11H11ClO2S2. The molecule has 0 unspecified atom stereocenters. The van der Waals surface area contributed by atoms with Gasteiger partial charge in [-0.25, -0.2) is 8.42 Å². The minimum Gasteiger partial charge on any atom is -0.229 e. The van der Waals surface area contributed by atoms with Gasteiger partial charge in [0.25, 0.3) is 0 Å². The fourth-order valence-electron chi connectivity index (χ4n) is 1.53. The zero-order valence-corrected chi connectivity index (χ0v) is 11.1. The van der Waals surface area contributed by atoms with Crippen LogP contribution in [0, 0.1) is 0 Å². The van der Waals surface area contributed by atoms with E-state index in [9.17, 15) is 8.42 Å². The van der Waals surface area contributed by atoms with Crippen LogP contribution in [0.4, 0.5) is 0 Å². The zero-order chi connectivity index (χ0) is 11.8. The van der Waals surface area contributed by atoms with Crippen LogP contribution in [0.25, 0.3) is 10.1 Å². The lowest BCUT2D eigenvalue weighted by Gasteiger charge is -2.00. The Kier molecular flexibility index (Phi) is 3.24. The van der Waals surface area contributed by atoms with Gasteiger partial charge < -0.3 is 0 Å². The average molecular weight is 275 g/mol. The normalized spacial score (nSPS) is 12.1. The van der Waals surface area contributed by atoms with Crippen LogP contribution in [0.5, 0.6) is 0 Å². The molecule has 0 saturated heterocycles. The fraction of sp³-hybridized carbons (Fsp3) is 0.273. The first kappa shape index (κ1) is 11.9. The van der Waals surface area contributed by atoms with E-state index < -0.39 is 9.84 Å². The highest BCUT2D eigenvalue weighted by atomic mass is 35.5. The van der Waals surface area contributed by atoms with Crippen LogP contribution in [0.1, 0.15) is 12.5 Å². The van der Waals surface area contributed by atoms with Gasteiger partial charge in [0.05, 0.1) is 15.5 Å². The zero-order valence-electron chi connectivity index (χ0n) is 8.73. The molecule has 0 atom stereocenters. The number of hydrogen-bond acceptors (Lipinski definition) is 3. The number of sulfone groups is 1. The van der Waals surface area contributed by atoms with E-state index >= 15 is 0 Å². The molecule has 0 fully saturated rings. The molecule has 0 aliphatic rings. The van der Waals surface area contributed by atoms with E-state index in [4.69, 9.17) is 11.6 Å². The van der Waals surface area contributed by atoms with Crippen molar-refractivity contribution in [2.45, 2.75) is 12.7 Å². The molecule has 0 saturated carbocycles. The second-order valence-electron chi connectivity index (χ2n) is 3.55. The maximum Gasteiger partial charge on any atom is 0.154 e. The Morgan fingerprint density at radius 1 is 1.38 bits per heavy atom. The number of benzene rings is 1. The third-order valence-electron chi connectivity index (χ3n) is 2.45. The van der Waals surface area contributed by atoms with Gasteiger partial charge in [-0.1, -0.05) is 30.7 Å². The predicted octanol–water partition coefficient (Wildman–Crippen LogP) is 3.49. The van der Waals surface area contributed by atoms with Crippen molar-refractivity contribution in [3.8, 4) is 0 Å². The highest BCUT2D eigenvalue weighted by molar-refractivity contribution is 7.90. The van der Waals surface area contributed by atoms with E-state index in [1.807, 2.05) is 23.6 Å². The summed E-state index contributed by atoms with van der Waals surface area (Å²) in [7, 11) is -2.98. The van der Waals surface area contributed by atoms with Crippen LogP contribution < -0.4 is 0 Å². The Balaban J connectivity index is 2.51. The first-order valence-corrected chi connectivity index (χ1v) is 7.96. The minimum atomic E-state index is -2.98. The van der Waals surface area contributed by atoms with Crippen molar-refractivity contribution in [1.29, 1.82) is 0 Å². The summed E-state index contributed by atoms with van der Waals surface area (Å²) >= 11 is 7.53. The third kappa shape index (κ3) is 2.24. The molecule has 0 aliphatic heterocycles. The Bertz CT molecular complexity index is 614. The average Bonchev–Trinajstić information content (AvgIpc) is 2.63. The number of hydrogen-bond donors (Lipinski definition) is 0. The van der Waals surface area contributed by atoms with Gasteiger partial charge in [0.2, 0.25) is 0 Å². The smallest absolute Gasteiger partial charge is 0.154 e. The Morgan fingerprint density at radius 2 is 2.12 bits per heavy atom. The number of thiophene rings is 1. The first-order valence-electron chi connectivity index (χ1n) is 4.88. The lowest BCUT2D eigenvalue weighted by molar-refractivity contribution is 0.596. The molecule has 0 spiro atoms. The monoisotopic (exact) mass is 274 g/mol. The SMILES string of the molecule is CCS(=O)(=O)Cc1csc2c(Cl)cccc12. The lowest BCUT2D eigenvalue weighted by Crippen LogP contribution is -2.05. The van der Waals surface area contributed by atoms with Crippen molar-refractivity contribution >= 4 is 42.9 Å². The van der Waals surface area contributed by atoms with E-state index in [0.717, 1.165) is 15.6 Å². The quantitative estimate of drug-likeness (QED) is 0.859. The Hall–Kier alpha value is -0.580. The minimum absolute atomic E-state index is 0.101. The largest absolute Gasteiger partial charge is 0.229 e. The van der Waals surface area contributed by atoms with Crippen LogP contribution in [0.3, 0.4) is 0 Å². The van der Waals surface area contributed by atoms with Gasteiger partial charge in [-0.2, -0.15) is 0 Å². The molecule has 1 aromatic carbocycles. The van der Waals surface area contributed by atoms with Gasteiger partial charge in [-0.05, 0) is 22.4 Å². The Morgan fingerprint density at radius 3 is 2.81 bits per heavy atom. The standard InChI is InChI=1S/C11H11ClO2S2/c1-2-16(13,14)7-8-6-15-11-9(8)4-3-5-10(11)12/h3-6H,2,7H2,1H3. The van der Waals surface area contributed by atoms with E-state index in [0.29, 0.717) is 5.02 Å². The number of rotatable bonds is 3. The van der Waals surface area contributed by atoms with Crippen LogP contribution in [0.15, 0.2) is 23.6 Å². The van der Waals surface area contributed by atoms with Gasteiger partial charge >= 0.3 is 0 Å². The van der Waals surface area contributed by atoms with Crippen LogP contribution in [-0.4, -0.2) is 14.2 Å². The molecule has 2 aromatic rings. The fourth-order valence-corrected chi connectivity index (χ4v) is 3.83. The summed E-state index contributed by atoms with van der Waals surface area (Å²) in [6.45, 7) is 1.66. The summed E-state index contributed by atoms with van der Waals surface area (Å²) < 4.78 is 24.1. The summed E-state index contributed by atoms with van der Waals surface area (Å²) in [5, 5.41) is 3.51. The molecule has 0 radical (unpaired) electrons. The van der Waals surface area contributed by atoms with Crippen molar-refractivity contribution < 1.29 is 8.42 Å². The highest BCUT2D eigenvalue weighted by Gasteiger charge is 2.13. The second-order valence-corrected chi connectivity index (χ2v) is 7.19. The van der Waals surface area contributed by atoms with Crippen molar-refractivity contribution in [2.24, 2.45) is 0 Å². The molecule has 1 aromatic heterocycles. The highest BCUT2D eigenvalue weighted by Crippen LogP contribution is 2.32. The van der Waals surface area contributed by atoms with Crippen LogP contribution in [-0.2, 0) is 15.6 Å². The molecule has 0 N–H and O–H groups in total. The van der Waals surface area contributed by atoms with Crippen molar-refractivity contribution in [3.63, 3.8) is 0 Å². The molecule has 0 aliphatic carbocycles. The lowest BCUT2D eigenvalue weighted by atomic mass is 10.2. The van der Waals surface area contributed by atoms with Gasteiger partial charge in [-0.3, -0.25) is 0 Å². The van der Waals surface area contributed by atoms with Crippen LogP contribution >= 0.6 is 22.9 Å². The summed E-state index contributed by atoms with van der Waals surface area (Å²) in [4.78, 5) is 0. The predicted molar refractivity (Wildman–Crippen MR) is 70.0 cm³/mol. The number of fused-ring (bicyclic) bond motifs is 1. The molecule has 5 heteroatoms. The van der Waals surface area contributed by atoms with E-state index in [1.165, 1.54) is 11.3 Å². The van der Waals surface area contributed by atoms with E-state index in [2.05, 4.69) is 0 Å². The van der Waals surface area contributed by atoms with Gasteiger partial charge in [0.1, 0.15) is 0 Å². The molecule has 16 heavy (non-hydrogen) atoms. The second kappa shape index (κ2) is 4.35. The van der Waals surface area contributed by atoms with Crippen molar-refractivity contribution in [2.75, 3.05) is 5.75 Å². The van der Waals surface area contributed by atoms with Gasteiger partial charge in [0.15, 0.2) is 9.84 Å². The topological polar surface area (TPSA) is 34.1 Å². The molecule has 2 nitrogen and oxygen atoms in total. The first-order chi connectivity index (χ1) is 7.53.